The van der Waals surface area contributed by atoms with E-state index in [4.69, 9.17) is 16.1 Å². The van der Waals surface area contributed by atoms with E-state index in [0.717, 1.165) is 11.1 Å². The van der Waals surface area contributed by atoms with E-state index in [1.165, 1.54) is 4.57 Å². The fraction of sp³-hybridized carbons (Fsp3) is 0.500. The molecule has 0 spiro atoms. The van der Waals surface area contributed by atoms with Crippen LogP contribution in [-0.2, 0) is 4.74 Å². The molecular formula is C20H29NO3Si. The van der Waals surface area contributed by atoms with Crippen molar-refractivity contribution in [2.24, 2.45) is 0 Å². The molecule has 2 aromatic rings. The number of hydrogen-bond acceptors (Lipinski definition) is 3. The van der Waals surface area contributed by atoms with Gasteiger partial charge in [0.1, 0.15) is 11.4 Å². The van der Waals surface area contributed by atoms with Crippen molar-refractivity contribution in [2.75, 3.05) is 0 Å². The molecule has 5 heteroatoms. The molecule has 0 aliphatic rings. The maximum Gasteiger partial charge on any atom is 0.419 e. The smallest absolute Gasteiger partial charge is 0.419 e. The summed E-state index contributed by atoms with van der Waals surface area (Å²) in [6.07, 6.45) is -0.482. The van der Waals surface area contributed by atoms with Gasteiger partial charge in [-0.25, -0.2) is 9.36 Å². The number of benzene rings is 1. The molecule has 1 heterocycles. The average Bonchev–Trinajstić information content (AvgIpc) is 2.72. The van der Waals surface area contributed by atoms with E-state index in [1.807, 2.05) is 39.0 Å². The minimum Gasteiger partial charge on any atom is -0.543 e. The van der Waals surface area contributed by atoms with Gasteiger partial charge < -0.3 is 9.16 Å². The first-order chi connectivity index (χ1) is 11.2. The molecule has 136 valence electrons. The number of rotatable bonds is 2. The van der Waals surface area contributed by atoms with Crippen molar-refractivity contribution in [3.63, 3.8) is 0 Å². The van der Waals surface area contributed by atoms with Crippen molar-refractivity contribution in [1.82, 2.24) is 4.57 Å². The van der Waals surface area contributed by atoms with Crippen LogP contribution in [0.4, 0.5) is 4.79 Å². The molecule has 0 aliphatic heterocycles. The van der Waals surface area contributed by atoms with Crippen LogP contribution in [0.3, 0.4) is 0 Å². The second-order valence-electron chi connectivity index (χ2n) is 8.94. The van der Waals surface area contributed by atoms with Gasteiger partial charge in [-0.05, 0) is 57.1 Å². The molecule has 1 aromatic carbocycles. The van der Waals surface area contributed by atoms with Crippen LogP contribution in [-0.4, -0.2) is 24.6 Å². The highest BCUT2D eigenvalue weighted by Crippen LogP contribution is 2.39. The molecular weight excluding hydrogens is 330 g/mol. The highest BCUT2D eigenvalue weighted by atomic mass is 28.4. The van der Waals surface area contributed by atoms with Crippen LogP contribution in [0.5, 0.6) is 5.75 Å². The highest BCUT2D eigenvalue weighted by Gasteiger charge is 2.39. The Bertz CT molecular complexity index is 792. The predicted octanol–water partition coefficient (Wildman–Crippen LogP) is 5.87. The Labute approximate surface area is 152 Å². The molecule has 0 saturated heterocycles. The molecule has 0 fully saturated rings. The van der Waals surface area contributed by atoms with Gasteiger partial charge in [0.2, 0.25) is 0 Å². The number of aromatic nitrogens is 1. The fourth-order valence-corrected chi connectivity index (χ4v) is 3.29. The van der Waals surface area contributed by atoms with Crippen LogP contribution in [0, 0.1) is 6.92 Å². The third-order valence-electron chi connectivity index (χ3n) is 4.58. The van der Waals surface area contributed by atoms with Crippen LogP contribution >= 0.6 is 0 Å². The lowest BCUT2D eigenvalue weighted by atomic mass is 10.2. The van der Waals surface area contributed by atoms with Gasteiger partial charge >= 0.3 is 6.09 Å². The molecule has 0 unspecified atom stereocenters. The van der Waals surface area contributed by atoms with Crippen molar-refractivity contribution >= 4 is 25.3 Å². The van der Waals surface area contributed by atoms with Crippen molar-refractivity contribution in [1.29, 1.82) is 0 Å². The van der Waals surface area contributed by atoms with Crippen LogP contribution < -0.4 is 4.43 Å². The number of ether oxygens (including phenoxy) is 1. The van der Waals surface area contributed by atoms with Crippen LogP contribution in [0.15, 0.2) is 24.3 Å². The molecule has 0 aliphatic carbocycles. The maximum absolute atomic E-state index is 12.5. The Morgan fingerprint density at radius 3 is 2.24 bits per heavy atom. The van der Waals surface area contributed by atoms with Crippen molar-refractivity contribution in [3.05, 3.63) is 36.9 Å². The second kappa shape index (κ2) is 6.20. The Balaban J connectivity index is 2.51. The molecule has 4 nitrogen and oxygen atoms in total. The zero-order valence-corrected chi connectivity index (χ0v) is 17.6. The van der Waals surface area contributed by atoms with E-state index in [2.05, 4.69) is 33.9 Å². The van der Waals surface area contributed by atoms with E-state index < -0.39 is 20.0 Å². The molecule has 0 saturated carbocycles. The third-order valence-corrected chi connectivity index (χ3v) is 8.92. The summed E-state index contributed by atoms with van der Waals surface area (Å²) < 4.78 is 13.3. The van der Waals surface area contributed by atoms with Crippen LogP contribution in [0.2, 0.25) is 18.1 Å². The van der Waals surface area contributed by atoms with Gasteiger partial charge in [0.05, 0.1) is 5.52 Å². The molecule has 2 rings (SSSR count). The fourth-order valence-electron chi connectivity index (χ4n) is 2.25. The highest BCUT2D eigenvalue weighted by molar-refractivity contribution is 6.74. The molecule has 0 atom stereocenters. The third kappa shape index (κ3) is 4.09. The van der Waals surface area contributed by atoms with Gasteiger partial charge in [0, 0.05) is 18.0 Å². The lowest BCUT2D eigenvalue weighted by Gasteiger charge is -2.36. The first-order valence-corrected chi connectivity index (χ1v) is 11.5. The van der Waals surface area contributed by atoms with Gasteiger partial charge in [0.25, 0.3) is 8.32 Å². The quantitative estimate of drug-likeness (QED) is 0.630. The summed E-state index contributed by atoms with van der Waals surface area (Å²) >= 11 is 0. The topological polar surface area (TPSA) is 40.5 Å². The van der Waals surface area contributed by atoms with Gasteiger partial charge in [0.15, 0.2) is 0 Å². The normalized spacial score (nSPS) is 13.2. The summed E-state index contributed by atoms with van der Waals surface area (Å²) in [4.78, 5) is 12.5. The minimum absolute atomic E-state index is 0.0778. The minimum atomic E-state index is -2.00. The first-order valence-electron chi connectivity index (χ1n) is 8.55. The largest absolute Gasteiger partial charge is 0.543 e. The Morgan fingerprint density at radius 2 is 1.72 bits per heavy atom. The summed E-state index contributed by atoms with van der Waals surface area (Å²) in [6.45, 7) is 22.6. The molecule has 2 radical (unpaired) electrons. The zero-order valence-electron chi connectivity index (χ0n) is 16.6. The molecule has 0 bridgehead atoms. The first kappa shape index (κ1) is 19.6. The van der Waals surface area contributed by atoms with Crippen molar-refractivity contribution in [3.8, 4) is 5.75 Å². The maximum atomic E-state index is 12.5. The van der Waals surface area contributed by atoms with Crippen molar-refractivity contribution in [2.45, 2.75) is 65.3 Å². The number of hydrogen-bond donors (Lipinski definition) is 0. The molecule has 1 aromatic heterocycles. The van der Waals surface area contributed by atoms with E-state index in [0.29, 0.717) is 11.2 Å². The number of fused-ring (bicyclic) bond motifs is 1. The van der Waals surface area contributed by atoms with E-state index in [-0.39, 0.29) is 5.04 Å². The lowest BCUT2D eigenvalue weighted by Crippen LogP contribution is -2.43. The van der Waals surface area contributed by atoms with Crippen LogP contribution in [0.1, 0.15) is 47.2 Å². The Kier molecular flexibility index (Phi) is 4.85. The van der Waals surface area contributed by atoms with Gasteiger partial charge in [-0.2, -0.15) is 0 Å². The van der Waals surface area contributed by atoms with Crippen LogP contribution in [0.25, 0.3) is 10.9 Å². The lowest BCUT2D eigenvalue weighted by molar-refractivity contribution is 0.0543. The summed E-state index contributed by atoms with van der Waals surface area (Å²) in [7, 11) is -2.00. The van der Waals surface area contributed by atoms with Gasteiger partial charge in [-0.3, -0.25) is 0 Å². The summed E-state index contributed by atoms with van der Waals surface area (Å²) in [5, 5.41) is 0.907. The molecule has 0 amide bonds. The van der Waals surface area contributed by atoms with E-state index in [9.17, 15) is 4.79 Å². The second-order valence-corrected chi connectivity index (χ2v) is 13.7. The summed E-state index contributed by atoms with van der Waals surface area (Å²) in [5.74, 6) is 0.762. The van der Waals surface area contributed by atoms with Crippen molar-refractivity contribution < 1.29 is 14.0 Å². The molecule has 25 heavy (non-hydrogen) atoms. The summed E-state index contributed by atoms with van der Waals surface area (Å²) in [6, 6.07) is 7.45. The Morgan fingerprint density at radius 1 is 1.12 bits per heavy atom. The summed E-state index contributed by atoms with van der Waals surface area (Å²) in [5.41, 5.74) is 0.452. The standard InChI is InChI=1S/C20H29NO3Si/c1-14-13-15-16(21(14)18(22)23-19(2,3)4)11-10-12-17(15)24-25(8,9)20(5,6)7/h1,10-13H,2-9H3. The van der Waals surface area contributed by atoms with Gasteiger partial charge in [-0.15, -0.1) is 0 Å². The number of nitrogens with zero attached hydrogens (tertiary/aromatic N) is 1. The zero-order chi connectivity index (χ0) is 19.2. The number of carbonyl (C=O) groups is 1. The predicted molar refractivity (Wildman–Crippen MR) is 105 cm³/mol. The van der Waals surface area contributed by atoms with E-state index in [1.54, 1.807) is 6.07 Å². The monoisotopic (exact) mass is 359 g/mol. The Hall–Kier alpha value is -1.75. The van der Waals surface area contributed by atoms with Gasteiger partial charge in [-0.1, -0.05) is 26.8 Å². The SMILES string of the molecule is [CH]c1cc2c(O[Si](C)(C)C(C)(C)C)cccc2n1C(=O)OC(C)(C)C. The number of carbonyl (C=O) groups excluding carboxylic acids is 1. The molecule has 0 N–H and O–H groups in total. The van der Waals surface area contributed by atoms with E-state index >= 15 is 0 Å². The average molecular weight is 360 g/mol.